The zero-order valence-corrected chi connectivity index (χ0v) is 18.2. The second-order valence-corrected chi connectivity index (χ2v) is 8.37. The monoisotopic (exact) mass is 446 g/mol. The van der Waals surface area contributed by atoms with Crippen LogP contribution >= 0.6 is 0 Å². The van der Waals surface area contributed by atoms with E-state index in [9.17, 15) is 23.9 Å². The number of hydrogen-bond acceptors (Lipinski definition) is 3. The summed E-state index contributed by atoms with van der Waals surface area (Å²) in [5.74, 6) is -2.23. The van der Waals surface area contributed by atoms with Crippen molar-refractivity contribution in [2.24, 2.45) is 5.92 Å². The van der Waals surface area contributed by atoms with Gasteiger partial charge in [-0.1, -0.05) is 32.0 Å². The molecule has 3 aromatic rings. The number of carbonyl (C=O) groups is 3. The number of carbonyl (C=O) groups excluding carboxylic acids is 2. The van der Waals surface area contributed by atoms with Crippen molar-refractivity contribution in [2.75, 3.05) is 5.32 Å². The van der Waals surface area contributed by atoms with Gasteiger partial charge in [0, 0.05) is 23.4 Å². The van der Waals surface area contributed by atoms with E-state index in [0.29, 0.717) is 16.8 Å². The Hall–Kier alpha value is -4.00. The molecule has 7 heteroatoms. The average molecular weight is 446 g/mol. The average Bonchev–Trinajstić information content (AvgIpc) is 3.09. The van der Waals surface area contributed by atoms with E-state index < -0.39 is 17.8 Å². The van der Waals surface area contributed by atoms with E-state index in [-0.39, 0.29) is 24.3 Å². The number of nitrogens with zero attached hydrogens (tertiary/aromatic N) is 1. The highest BCUT2D eigenvalue weighted by atomic mass is 19.1. The molecule has 0 saturated carbocycles. The molecule has 168 valence electrons. The fourth-order valence-electron chi connectivity index (χ4n) is 4.08. The quantitative estimate of drug-likeness (QED) is 0.569. The van der Waals surface area contributed by atoms with E-state index in [1.807, 2.05) is 24.3 Å². The lowest BCUT2D eigenvalue weighted by Gasteiger charge is -2.27. The van der Waals surface area contributed by atoms with Gasteiger partial charge < -0.3 is 15.3 Å². The first-order valence-electron chi connectivity index (χ1n) is 10.6. The summed E-state index contributed by atoms with van der Waals surface area (Å²) >= 11 is 0. The Labute approximate surface area is 190 Å². The van der Waals surface area contributed by atoms with Crippen LogP contribution in [0, 0.1) is 11.7 Å². The molecule has 0 bridgehead atoms. The van der Waals surface area contributed by atoms with Gasteiger partial charge in [0.1, 0.15) is 11.9 Å². The van der Waals surface area contributed by atoms with Crippen LogP contribution in [0.1, 0.15) is 40.1 Å². The molecule has 0 saturated heterocycles. The zero-order chi connectivity index (χ0) is 23.7. The molecule has 1 aliphatic rings. The number of halogens is 1. The SMILES string of the molecule is CC(C)[C@@H](C(=O)O)N1Cc2cc(-c3ccc(NC(=O)c4ccc(F)cc4)cc3)ccc2C1=O. The molecule has 0 aromatic heterocycles. The van der Waals surface area contributed by atoms with Crippen LogP contribution in [0.5, 0.6) is 0 Å². The number of fused-ring (bicyclic) bond motifs is 1. The minimum Gasteiger partial charge on any atom is -0.480 e. The molecule has 0 spiro atoms. The minimum absolute atomic E-state index is 0.210. The highest BCUT2D eigenvalue weighted by Crippen LogP contribution is 2.31. The lowest BCUT2D eigenvalue weighted by atomic mass is 10.0. The molecule has 0 radical (unpaired) electrons. The Kier molecular flexibility index (Phi) is 5.96. The van der Waals surface area contributed by atoms with Gasteiger partial charge >= 0.3 is 5.97 Å². The third-order valence-corrected chi connectivity index (χ3v) is 5.74. The Morgan fingerprint density at radius 2 is 1.61 bits per heavy atom. The van der Waals surface area contributed by atoms with Crippen LogP contribution in [0.15, 0.2) is 66.7 Å². The molecule has 2 N–H and O–H groups in total. The fraction of sp³-hybridized carbons (Fsp3) is 0.192. The van der Waals surface area contributed by atoms with Crippen LogP contribution in [0.3, 0.4) is 0 Å². The Morgan fingerprint density at radius 1 is 0.970 bits per heavy atom. The summed E-state index contributed by atoms with van der Waals surface area (Å²) in [6, 6.07) is 17.1. The molecular weight excluding hydrogens is 423 g/mol. The number of anilines is 1. The standard InChI is InChI=1S/C26H23FN2O4/c1-15(2)23(26(32)33)29-14-19-13-18(7-12-22(19)25(29)31)16-5-10-21(11-6-16)28-24(30)17-3-8-20(27)9-4-17/h3-13,15,23H,14H2,1-2H3,(H,28,30)(H,32,33)/t23-/m0/s1. The maximum Gasteiger partial charge on any atom is 0.326 e. The maximum absolute atomic E-state index is 13.0. The van der Waals surface area contributed by atoms with E-state index in [1.54, 1.807) is 32.0 Å². The van der Waals surface area contributed by atoms with Crippen molar-refractivity contribution in [3.8, 4) is 11.1 Å². The van der Waals surface area contributed by atoms with Crippen molar-refractivity contribution >= 4 is 23.5 Å². The van der Waals surface area contributed by atoms with Crippen LogP contribution in [0.4, 0.5) is 10.1 Å². The summed E-state index contributed by atoms with van der Waals surface area (Å²) in [6.07, 6.45) is 0. The first-order chi connectivity index (χ1) is 15.7. The largest absolute Gasteiger partial charge is 0.480 e. The van der Waals surface area contributed by atoms with E-state index in [2.05, 4.69) is 5.32 Å². The molecule has 1 heterocycles. The van der Waals surface area contributed by atoms with Crippen molar-refractivity contribution in [2.45, 2.75) is 26.4 Å². The molecule has 1 atom stereocenters. The number of hydrogen-bond donors (Lipinski definition) is 2. The van der Waals surface area contributed by atoms with Crippen LogP contribution < -0.4 is 5.32 Å². The number of rotatable bonds is 6. The van der Waals surface area contributed by atoms with Crippen LogP contribution in [0.2, 0.25) is 0 Å². The first-order valence-corrected chi connectivity index (χ1v) is 10.6. The molecule has 0 aliphatic carbocycles. The van der Waals surface area contributed by atoms with Crippen LogP contribution in [-0.4, -0.2) is 33.8 Å². The maximum atomic E-state index is 13.0. The first kappa shape index (κ1) is 22.2. The van der Waals surface area contributed by atoms with Crippen molar-refractivity contribution in [1.82, 2.24) is 4.90 Å². The molecule has 33 heavy (non-hydrogen) atoms. The van der Waals surface area contributed by atoms with Crippen molar-refractivity contribution < 1.29 is 23.9 Å². The summed E-state index contributed by atoms with van der Waals surface area (Å²) in [5.41, 5.74) is 4.04. The number of amides is 2. The van der Waals surface area contributed by atoms with E-state index >= 15 is 0 Å². The molecule has 4 rings (SSSR count). The van der Waals surface area contributed by atoms with Gasteiger partial charge in [0.2, 0.25) is 0 Å². The van der Waals surface area contributed by atoms with Gasteiger partial charge in [-0.2, -0.15) is 0 Å². The number of aliphatic carboxylic acids is 1. The van der Waals surface area contributed by atoms with E-state index in [4.69, 9.17) is 0 Å². The summed E-state index contributed by atoms with van der Waals surface area (Å²) < 4.78 is 13.0. The summed E-state index contributed by atoms with van der Waals surface area (Å²) in [4.78, 5) is 38.2. The van der Waals surface area contributed by atoms with Crippen molar-refractivity contribution in [3.63, 3.8) is 0 Å². The predicted octanol–water partition coefficient (Wildman–Crippen LogP) is 4.81. The topological polar surface area (TPSA) is 86.7 Å². The number of benzene rings is 3. The smallest absolute Gasteiger partial charge is 0.326 e. The highest BCUT2D eigenvalue weighted by Gasteiger charge is 2.38. The second-order valence-electron chi connectivity index (χ2n) is 8.37. The zero-order valence-electron chi connectivity index (χ0n) is 18.2. The number of carboxylic acid groups (broad SMARTS) is 1. The van der Waals surface area contributed by atoms with Crippen LogP contribution in [0.25, 0.3) is 11.1 Å². The minimum atomic E-state index is -1.01. The van der Waals surface area contributed by atoms with Gasteiger partial charge in [-0.05, 0) is 71.1 Å². The van der Waals surface area contributed by atoms with Gasteiger partial charge in [0.25, 0.3) is 11.8 Å². The van der Waals surface area contributed by atoms with E-state index in [0.717, 1.165) is 16.7 Å². The summed E-state index contributed by atoms with van der Waals surface area (Å²) in [6.45, 7) is 3.83. The molecule has 2 amide bonds. The van der Waals surface area contributed by atoms with Gasteiger partial charge in [-0.25, -0.2) is 9.18 Å². The summed E-state index contributed by atoms with van der Waals surface area (Å²) in [7, 11) is 0. The van der Waals surface area contributed by atoms with Gasteiger partial charge in [0.05, 0.1) is 0 Å². The van der Waals surface area contributed by atoms with Crippen LogP contribution in [-0.2, 0) is 11.3 Å². The highest BCUT2D eigenvalue weighted by molar-refractivity contribution is 6.04. The molecular formula is C26H23FN2O4. The normalized spacial score (nSPS) is 13.7. The summed E-state index contributed by atoms with van der Waals surface area (Å²) in [5, 5.41) is 12.3. The third-order valence-electron chi connectivity index (χ3n) is 5.74. The van der Waals surface area contributed by atoms with Gasteiger partial charge in [0.15, 0.2) is 0 Å². The lowest BCUT2D eigenvalue weighted by Crippen LogP contribution is -2.44. The number of carboxylic acids is 1. The van der Waals surface area contributed by atoms with E-state index in [1.165, 1.54) is 29.2 Å². The molecule has 0 fully saturated rings. The van der Waals surface area contributed by atoms with Crippen molar-refractivity contribution in [3.05, 3.63) is 89.2 Å². The number of nitrogens with one attached hydrogen (secondary N) is 1. The van der Waals surface area contributed by atoms with Crippen molar-refractivity contribution in [1.29, 1.82) is 0 Å². The third kappa shape index (κ3) is 4.48. The molecule has 0 unspecified atom stereocenters. The Bertz CT molecular complexity index is 1220. The fourth-order valence-corrected chi connectivity index (χ4v) is 4.08. The van der Waals surface area contributed by atoms with Gasteiger partial charge in [-0.15, -0.1) is 0 Å². The van der Waals surface area contributed by atoms with Gasteiger partial charge in [-0.3, -0.25) is 9.59 Å². The molecule has 6 nitrogen and oxygen atoms in total. The Morgan fingerprint density at radius 3 is 2.21 bits per heavy atom. The predicted molar refractivity (Wildman–Crippen MR) is 122 cm³/mol. The lowest BCUT2D eigenvalue weighted by molar-refractivity contribution is -0.144. The Balaban J connectivity index is 1.51. The second kappa shape index (κ2) is 8.86. The molecule has 1 aliphatic heterocycles. The molecule has 3 aromatic carbocycles.